The highest BCUT2D eigenvalue weighted by Gasteiger charge is 2.25. The molecule has 10 heteroatoms. The lowest BCUT2D eigenvalue weighted by Gasteiger charge is -2.19. The van der Waals surface area contributed by atoms with Crippen LogP contribution in [0.2, 0.25) is 0 Å². The van der Waals surface area contributed by atoms with E-state index in [4.69, 9.17) is 24.3 Å². The molecule has 0 saturated carbocycles. The van der Waals surface area contributed by atoms with Gasteiger partial charge in [0.2, 0.25) is 0 Å². The van der Waals surface area contributed by atoms with Crippen molar-refractivity contribution < 1.29 is 37.6 Å². The SMILES string of the molecule is CC/C=C/C=C/C=C/C=C/CCCCCC(=O)OC(COC(=O)CCCC/C=C/C/C=C/CC)COP(=O)(O)OCCN. The van der Waals surface area contributed by atoms with Crippen LogP contribution in [-0.4, -0.2) is 49.3 Å². The van der Waals surface area contributed by atoms with Crippen LogP contribution in [-0.2, 0) is 32.7 Å². The standard InChI is InChI=1S/C33H54NO8P/c1-3-5-7-9-11-13-14-15-16-18-20-22-24-26-33(36)42-31(30-41-43(37,38)40-28-27-34)29-39-32(35)25-23-21-19-17-12-10-8-6-4-2/h5-9,11-17,31H,3-4,10,18-30,34H2,1-2H3,(H,37,38)/b7-5+,8-6+,11-9+,14-13+,16-15+,17-12+. The molecule has 0 aromatic heterocycles. The van der Waals surface area contributed by atoms with Crippen LogP contribution in [0.5, 0.6) is 0 Å². The van der Waals surface area contributed by atoms with Gasteiger partial charge in [0.05, 0.1) is 13.2 Å². The molecular formula is C33H54NO8P. The number of hydrogen-bond donors (Lipinski definition) is 2. The smallest absolute Gasteiger partial charge is 0.462 e. The molecule has 244 valence electrons. The van der Waals surface area contributed by atoms with E-state index in [2.05, 4.69) is 50.3 Å². The molecule has 0 spiro atoms. The quantitative estimate of drug-likeness (QED) is 0.0312. The van der Waals surface area contributed by atoms with Gasteiger partial charge in [0.25, 0.3) is 0 Å². The molecule has 0 amide bonds. The first kappa shape index (κ1) is 40.5. The molecule has 0 heterocycles. The van der Waals surface area contributed by atoms with Crippen molar-refractivity contribution in [1.29, 1.82) is 0 Å². The second-order valence-corrected chi connectivity index (χ2v) is 11.1. The fourth-order valence-electron chi connectivity index (χ4n) is 3.44. The number of phosphoric ester groups is 1. The van der Waals surface area contributed by atoms with E-state index in [1.807, 2.05) is 36.5 Å². The normalized spacial score (nSPS) is 14.6. The Morgan fingerprint density at radius 2 is 1.33 bits per heavy atom. The summed E-state index contributed by atoms with van der Waals surface area (Å²) in [5.74, 6) is -0.932. The van der Waals surface area contributed by atoms with E-state index in [1.165, 1.54) is 0 Å². The molecule has 2 unspecified atom stereocenters. The van der Waals surface area contributed by atoms with E-state index in [-0.39, 0.29) is 32.6 Å². The highest BCUT2D eigenvalue weighted by molar-refractivity contribution is 7.47. The van der Waals surface area contributed by atoms with E-state index in [0.717, 1.165) is 51.4 Å². The van der Waals surface area contributed by atoms with Gasteiger partial charge >= 0.3 is 19.8 Å². The number of carbonyl (C=O) groups is 2. The van der Waals surface area contributed by atoms with Gasteiger partial charge in [-0.2, -0.15) is 0 Å². The monoisotopic (exact) mass is 623 g/mol. The van der Waals surface area contributed by atoms with Crippen molar-refractivity contribution in [2.45, 2.75) is 97.0 Å². The van der Waals surface area contributed by atoms with Crippen molar-refractivity contribution in [2.75, 3.05) is 26.4 Å². The summed E-state index contributed by atoms with van der Waals surface area (Å²) in [6.45, 7) is 3.31. The lowest BCUT2D eigenvalue weighted by Crippen LogP contribution is -2.29. The molecule has 0 aliphatic rings. The van der Waals surface area contributed by atoms with Gasteiger partial charge in [-0.3, -0.25) is 18.6 Å². The Balaban J connectivity index is 4.48. The van der Waals surface area contributed by atoms with Gasteiger partial charge in [-0.05, 0) is 57.8 Å². The van der Waals surface area contributed by atoms with E-state index in [1.54, 1.807) is 0 Å². The average molecular weight is 624 g/mol. The number of rotatable bonds is 27. The summed E-state index contributed by atoms with van der Waals surface area (Å²) in [6, 6.07) is 0. The molecule has 0 rings (SSSR count). The van der Waals surface area contributed by atoms with Crippen molar-refractivity contribution in [2.24, 2.45) is 5.73 Å². The van der Waals surface area contributed by atoms with Crippen LogP contribution in [0.4, 0.5) is 0 Å². The molecule has 43 heavy (non-hydrogen) atoms. The summed E-state index contributed by atoms with van der Waals surface area (Å²) in [5.41, 5.74) is 5.30. The third kappa shape index (κ3) is 29.3. The number of allylic oxidation sites excluding steroid dienone is 12. The first-order chi connectivity index (χ1) is 20.8. The maximum absolute atomic E-state index is 12.4. The zero-order valence-electron chi connectivity index (χ0n) is 26.1. The molecule has 0 aliphatic carbocycles. The fourth-order valence-corrected chi connectivity index (χ4v) is 4.21. The van der Waals surface area contributed by atoms with Crippen LogP contribution in [0.15, 0.2) is 72.9 Å². The lowest BCUT2D eigenvalue weighted by atomic mass is 10.1. The number of carbonyl (C=O) groups excluding carboxylic acids is 2. The minimum Gasteiger partial charge on any atom is -0.462 e. The molecule has 0 aliphatic heterocycles. The van der Waals surface area contributed by atoms with Gasteiger partial charge in [-0.25, -0.2) is 4.57 Å². The predicted molar refractivity (Wildman–Crippen MR) is 173 cm³/mol. The molecule has 9 nitrogen and oxygen atoms in total. The Labute approximate surface area is 259 Å². The van der Waals surface area contributed by atoms with Gasteiger partial charge in [-0.1, -0.05) is 93.2 Å². The topological polar surface area (TPSA) is 134 Å². The molecule has 0 bridgehead atoms. The van der Waals surface area contributed by atoms with Gasteiger partial charge in [0, 0.05) is 19.4 Å². The summed E-state index contributed by atoms with van der Waals surface area (Å²) in [4.78, 5) is 34.4. The Morgan fingerprint density at radius 1 is 0.721 bits per heavy atom. The van der Waals surface area contributed by atoms with E-state index in [9.17, 15) is 19.0 Å². The minimum absolute atomic E-state index is 0.0381. The van der Waals surface area contributed by atoms with Crippen LogP contribution in [0, 0.1) is 0 Å². The summed E-state index contributed by atoms with van der Waals surface area (Å²) in [7, 11) is -4.38. The first-order valence-corrected chi connectivity index (χ1v) is 17.0. The largest absolute Gasteiger partial charge is 0.472 e. The van der Waals surface area contributed by atoms with Crippen molar-refractivity contribution in [3.8, 4) is 0 Å². The number of nitrogens with two attached hydrogens (primary N) is 1. The Kier molecular flexibility index (Phi) is 27.8. The zero-order chi connectivity index (χ0) is 31.9. The molecule has 3 N–H and O–H groups in total. The minimum atomic E-state index is -4.38. The summed E-state index contributed by atoms with van der Waals surface area (Å²) < 4.78 is 32.3. The third-order valence-corrected chi connectivity index (χ3v) is 6.67. The van der Waals surface area contributed by atoms with Crippen molar-refractivity contribution in [3.63, 3.8) is 0 Å². The summed E-state index contributed by atoms with van der Waals surface area (Å²) >= 11 is 0. The van der Waals surface area contributed by atoms with Crippen LogP contribution in [0.3, 0.4) is 0 Å². The van der Waals surface area contributed by atoms with Crippen LogP contribution < -0.4 is 5.73 Å². The molecule has 0 aromatic rings. The van der Waals surface area contributed by atoms with Gasteiger partial charge in [-0.15, -0.1) is 0 Å². The van der Waals surface area contributed by atoms with Crippen molar-refractivity contribution in [1.82, 2.24) is 0 Å². The second kappa shape index (κ2) is 29.5. The van der Waals surface area contributed by atoms with Gasteiger partial charge < -0.3 is 20.1 Å². The van der Waals surface area contributed by atoms with Crippen LogP contribution in [0.1, 0.15) is 90.9 Å². The highest BCUT2D eigenvalue weighted by atomic mass is 31.2. The third-order valence-electron chi connectivity index (χ3n) is 5.68. The van der Waals surface area contributed by atoms with Crippen molar-refractivity contribution >= 4 is 19.8 Å². The molecule has 0 aromatic carbocycles. The van der Waals surface area contributed by atoms with Crippen LogP contribution >= 0.6 is 7.82 Å². The second-order valence-electron chi connectivity index (χ2n) is 9.65. The van der Waals surface area contributed by atoms with Crippen LogP contribution in [0.25, 0.3) is 0 Å². The number of phosphoric acid groups is 1. The van der Waals surface area contributed by atoms with Gasteiger partial charge in [0.15, 0.2) is 6.10 Å². The molecule has 0 fully saturated rings. The van der Waals surface area contributed by atoms with Gasteiger partial charge in [0.1, 0.15) is 6.61 Å². The maximum Gasteiger partial charge on any atom is 0.472 e. The molecule has 0 saturated heterocycles. The average Bonchev–Trinajstić information content (AvgIpc) is 2.99. The first-order valence-electron chi connectivity index (χ1n) is 15.5. The van der Waals surface area contributed by atoms with E-state index >= 15 is 0 Å². The maximum atomic E-state index is 12.4. The molecule has 2 atom stereocenters. The highest BCUT2D eigenvalue weighted by Crippen LogP contribution is 2.43. The van der Waals surface area contributed by atoms with E-state index < -0.39 is 32.5 Å². The summed E-state index contributed by atoms with van der Waals surface area (Å²) in [5, 5.41) is 0. The fraction of sp³-hybridized carbons (Fsp3) is 0.576. The Hall–Kier alpha value is -2.55. The van der Waals surface area contributed by atoms with Crippen molar-refractivity contribution in [3.05, 3.63) is 72.9 Å². The number of ether oxygens (including phenoxy) is 2. The Morgan fingerprint density at radius 3 is 2.05 bits per heavy atom. The van der Waals surface area contributed by atoms with E-state index in [0.29, 0.717) is 12.8 Å². The lowest BCUT2D eigenvalue weighted by molar-refractivity contribution is -0.161. The molecular weight excluding hydrogens is 569 g/mol. The number of hydrogen-bond acceptors (Lipinski definition) is 8. The summed E-state index contributed by atoms with van der Waals surface area (Å²) in [6.07, 6.45) is 32.5. The predicted octanol–water partition coefficient (Wildman–Crippen LogP) is 7.59. The Bertz CT molecular complexity index is 939. The zero-order valence-corrected chi connectivity index (χ0v) is 27.0. The number of unbranched alkanes of at least 4 members (excludes halogenated alkanes) is 5. The number of esters is 2. The molecule has 0 radical (unpaired) electrons.